The number of allylic oxidation sites excluding steroid dienone is 5. The van der Waals surface area contributed by atoms with E-state index >= 15 is 0 Å². The van der Waals surface area contributed by atoms with Crippen LogP contribution in [-0.4, -0.2) is 13.6 Å². The third-order valence-corrected chi connectivity index (χ3v) is 1.33. The molecule has 0 amide bonds. The lowest BCUT2D eigenvalue weighted by molar-refractivity contribution is 0.938. The Bertz CT molecular complexity index is 343. The third kappa shape index (κ3) is 6.91. The van der Waals surface area contributed by atoms with Crippen LogP contribution in [-0.2, 0) is 0 Å². The topological polar surface area (TPSA) is 35.8 Å². The molecule has 0 aliphatic heterocycles. The van der Waals surface area contributed by atoms with Crippen LogP contribution >= 0.6 is 0 Å². The van der Waals surface area contributed by atoms with E-state index in [-0.39, 0.29) is 0 Å². The molecule has 0 saturated carbocycles. The van der Waals surface area contributed by atoms with Crippen molar-refractivity contribution >= 4 is 0 Å². The van der Waals surface area contributed by atoms with Crippen molar-refractivity contribution < 1.29 is 0 Å². The second-order valence-electron chi connectivity index (χ2n) is 2.68. The first-order valence-corrected chi connectivity index (χ1v) is 4.28. The summed E-state index contributed by atoms with van der Waals surface area (Å²) in [6.45, 7) is 6.15. The number of nitrogens with one attached hydrogen (secondary N) is 1. The summed E-state index contributed by atoms with van der Waals surface area (Å²) in [4.78, 5) is 0. The second kappa shape index (κ2) is 7.86. The summed E-state index contributed by atoms with van der Waals surface area (Å²) in [6.07, 6.45) is 5.28. The molecule has 0 fully saturated rings. The lowest BCUT2D eigenvalue weighted by Gasteiger charge is -1.85. The number of rotatable bonds is 3. The predicted octanol–water partition coefficient (Wildman–Crippen LogP) is 1.79. The van der Waals surface area contributed by atoms with Gasteiger partial charge in [-0.1, -0.05) is 24.5 Å². The van der Waals surface area contributed by atoms with Crippen molar-refractivity contribution in [2.45, 2.75) is 6.92 Å². The number of hydrogen-bond acceptors (Lipinski definition) is 2. The lowest BCUT2D eigenvalue weighted by Crippen LogP contribution is -2.04. The highest BCUT2D eigenvalue weighted by Crippen LogP contribution is 1.93. The molecule has 0 aromatic heterocycles. The molecule has 0 aromatic carbocycles. The van der Waals surface area contributed by atoms with Crippen LogP contribution in [0, 0.1) is 23.2 Å². The molecule has 1 N–H and O–H groups in total. The molecule has 0 aliphatic rings. The van der Waals surface area contributed by atoms with Crippen molar-refractivity contribution in [2.75, 3.05) is 13.6 Å². The highest BCUT2D eigenvalue weighted by Gasteiger charge is 1.80. The lowest BCUT2D eigenvalue weighted by atomic mass is 10.2. The fourth-order valence-corrected chi connectivity index (χ4v) is 0.634. The van der Waals surface area contributed by atoms with Gasteiger partial charge in [0, 0.05) is 11.1 Å². The molecule has 0 rings (SSSR count). The van der Waals surface area contributed by atoms with Crippen molar-refractivity contribution in [1.29, 1.82) is 5.26 Å². The van der Waals surface area contributed by atoms with Crippen molar-refractivity contribution in [1.82, 2.24) is 5.32 Å². The Balaban J connectivity index is 4.10. The minimum Gasteiger partial charge on any atom is -0.309 e. The van der Waals surface area contributed by atoms with Gasteiger partial charge in [-0.3, -0.25) is 0 Å². The summed E-state index contributed by atoms with van der Waals surface area (Å²) in [5, 5.41) is 11.4. The van der Waals surface area contributed by atoms with Crippen LogP contribution < -0.4 is 5.32 Å². The monoisotopic (exact) mass is 186 g/mol. The Kier molecular flexibility index (Phi) is 6.86. The van der Waals surface area contributed by atoms with Crippen LogP contribution in [0.3, 0.4) is 0 Å². The highest BCUT2D eigenvalue weighted by molar-refractivity contribution is 5.38. The molecule has 0 bridgehead atoms. The molecule has 72 valence electrons. The van der Waals surface area contributed by atoms with Crippen molar-refractivity contribution in [3.8, 4) is 17.9 Å². The largest absolute Gasteiger partial charge is 0.309 e. The summed E-state index contributed by atoms with van der Waals surface area (Å²) in [7, 11) is 1.84. The summed E-state index contributed by atoms with van der Waals surface area (Å²) >= 11 is 0. The molecular weight excluding hydrogens is 172 g/mol. The molecule has 0 aromatic rings. The van der Waals surface area contributed by atoms with E-state index in [4.69, 9.17) is 5.26 Å². The van der Waals surface area contributed by atoms with E-state index in [0.717, 1.165) is 5.57 Å². The van der Waals surface area contributed by atoms with E-state index in [0.29, 0.717) is 12.1 Å². The summed E-state index contributed by atoms with van der Waals surface area (Å²) in [5.74, 6) is 5.76. The van der Waals surface area contributed by atoms with Crippen molar-refractivity contribution in [3.05, 3.63) is 36.0 Å². The minimum absolute atomic E-state index is 0.653. The molecule has 2 heteroatoms. The van der Waals surface area contributed by atoms with Crippen LogP contribution in [0.5, 0.6) is 0 Å². The van der Waals surface area contributed by atoms with Gasteiger partial charge in [-0.05, 0) is 26.1 Å². The standard InChI is InChI=1S/C12H14N2/c1-11(8-5-9-14-3)6-4-7-12(2)10-13/h4,6-7,14H,1,9H2,2-3H3/b6-4-,12-7+. The molecule has 0 saturated heterocycles. The van der Waals surface area contributed by atoms with Gasteiger partial charge in [-0.2, -0.15) is 5.26 Å². The van der Waals surface area contributed by atoms with Gasteiger partial charge >= 0.3 is 0 Å². The maximum Gasteiger partial charge on any atom is 0.0944 e. The average Bonchev–Trinajstić information content (AvgIpc) is 2.18. The van der Waals surface area contributed by atoms with Gasteiger partial charge in [-0.15, -0.1) is 0 Å². The molecule has 0 spiro atoms. The van der Waals surface area contributed by atoms with E-state index in [1.165, 1.54) is 0 Å². The van der Waals surface area contributed by atoms with Crippen LogP contribution in [0.25, 0.3) is 0 Å². The van der Waals surface area contributed by atoms with Crippen molar-refractivity contribution in [3.63, 3.8) is 0 Å². The van der Waals surface area contributed by atoms with E-state index in [9.17, 15) is 0 Å². The van der Waals surface area contributed by atoms with Crippen LogP contribution in [0.15, 0.2) is 36.0 Å². The van der Waals surface area contributed by atoms with E-state index in [1.54, 1.807) is 25.2 Å². The minimum atomic E-state index is 0.653. The van der Waals surface area contributed by atoms with E-state index in [1.807, 2.05) is 13.1 Å². The van der Waals surface area contributed by atoms with Gasteiger partial charge in [0.25, 0.3) is 0 Å². The van der Waals surface area contributed by atoms with Crippen LogP contribution in [0.2, 0.25) is 0 Å². The molecule has 0 atom stereocenters. The Morgan fingerprint density at radius 3 is 2.86 bits per heavy atom. The first-order valence-electron chi connectivity index (χ1n) is 4.28. The maximum atomic E-state index is 8.46. The molecular formula is C12H14N2. The van der Waals surface area contributed by atoms with Crippen LogP contribution in [0.4, 0.5) is 0 Å². The first-order chi connectivity index (χ1) is 6.70. The predicted molar refractivity (Wildman–Crippen MR) is 59.4 cm³/mol. The molecule has 14 heavy (non-hydrogen) atoms. The van der Waals surface area contributed by atoms with Gasteiger partial charge in [-0.25, -0.2) is 0 Å². The van der Waals surface area contributed by atoms with Gasteiger partial charge in [0.2, 0.25) is 0 Å². The van der Waals surface area contributed by atoms with Gasteiger partial charge < -0.3 is 5.32 Å². The highest BCUT2D eigenvalue weighted by atomic mass is 14.8. The summed E-state index contributed by atoms with van der Waals surface area (Å²) < 4.78 is 0. The number of nitrogens with zero attached hydrogens (tertiary/aromatic N) is 1. The zero-order chi connectivity index (χ0) is 10.8. The quantitative estimate of drug-likeness (QED) is 0.414. The average molecular weight is 186 g/mol. The SMILES string of the molecule is C=C(C#CCNC)/C=C\C=C(/C)C#N. The smallest absolute Gasteiger partial charge is 0.0944 e. The molecule has 0 unspecified atom stereocenters. The second-order valence-corrected chi connectivity index (χ2v) is 2.68. The Hall–Kier alpha value is -1.77. The van der Waals surface area contributed by atoms with Gasteiger partial charge in [0.15, 0.2) is 0 Å². The fourth-order valence-electron chi connectivity index (χ4n) is 0.634. The zero-order valence-corrected chi connectivity index (χ0v) is 8.59. The summed E-state index contributed by atoms with van der Waals surface area (Å²) in [5.41, 5.74) is 1.40. The third-order valence-electron chi connectivity index (χ3n) is 1.33. The zero-order valence-electron chi connectivity index (χ0n) is 8.59. The van der Waals surface area contributed by atoms with Crippen LogP contribution in [0.1, 0.15) is 6.92 Å². The molecule has 2 nitrogen and oxygen atoms in total. The Morgan fingerprint density at radius 1 is 1.57 bits per heavy atom. The van der Waals surface area contributed by atoms with E-state index < -0.39 is 0 Å². The summed E-state index contributed by atoms with van der Waals surface area (Å²) in [6, 6.07) is 2.03. The van der Waals surface area contributed by atoms with Gasteiger partial charge in [0.1, 0.15) is 0 Å². The Morgan fingerprint density at radius 2 is 2.29 bits per heavy atom. The van der Waals surface area contributed by atoms with E-state index in [2.05, 4.69) is 23.7 Å². The normalized spacial score (nSPS) is 10.5. The molecule has 0 aliphatic carbocycles. The molecule has 0 heterocycles. The number of hydrogen-bond donors (Lipinski definition) is 1. The molecule has 0 radical (unpaired) electrons. The fraction of sp³-hybridized carbons (Fsp3) is 0.250. The number of nitriles is 1. The Labute approximate surface area is 85.6 Å². The van der Waals surface area contributed by atoms with Crippen molar-refractivity contribution in [2.24, 2.45) is 0 Å². The maximum absolute atomic E-state index is 8.46. The first kappa shape index (κ1) is 12.2. The van der Waals surface area contributed by atoms with Gasteiger partial charge in [0.05, 0.1) is 12.6 Å².